The molecule has 0 unspecified atom stereocenters. The molecule has 28 heteroatoms. The van der Waals surface area contributed by atoms with Gasteiger partial charge in [-0.05, 0) is 111 Å². The molecule has 80 heavy (non-hydrogen) atoms. The van der Waals surface area contributed by atoms with E-state index in [0.717, 1.165) is 40.8 Å². The SMILES string of the molecule is CN[C@@H](C)C(=O)N[C@H]1CCS[C@H]2CC(C)(C)[C@@H](C(=O)N[C@H]3c4ccccc4C[C@H]3OCCCCO[C@@H]3Cc4ccccc4[C@@H]3NC(=O)[C@H]3N4C(=O)[C@@H](NC(=S)[C@H](C)NC)CCS[C@H]4CC3(C)C)N2C1=O.S.S.S.S.S.S.S.S.S.S. The van der Waals surface area contributed by atoms with Crippen molar-refractivity contribution in [2.24, 2.45) is 10.8 Å². The standard InChI is InChI=1S/C52H74N8O7S3.10H2S/c1-29(53-7)45(61)55-35-19-23-69-39-27-51(3,4)43(59(39)49(35)64)46(62)57-41-33-17-11-9-15-31(33)25-37(41)66-21-13-14-22-67-38-26-32-16-10-12-18-34(32)42(38)58-47(63)44-52(5,6)28-40-60(44)50(65)36(20-24-70-40)56-48(68)30(2)54-8;;;;;;;;;;/h9-12,15-18,29-30,35-44,53-54H,13-14,19-28H2,1-8H3,(H,55,61)(H,56,68)(H,57,62)(H,58,63);10*1H2/t29-,30-,35-,36-,37+,38+,39-,40-,41-,42-,43+,44+;;;;;;;;;;/m0........../s1. The van der Waals surface area contributed by atoms with Crippen LogP contribution in [0.2, 0.25) is 0 Å². The number of ether oxygens (including phenoxy) is 2. The highest BCUT2D eigenvalue weighted by Crippen LogP contribution is 2.48. The summed E-state index contributed by atoms with van der Waals surface area (Å²) in [5.74, 6) is 0.566. The van der Waals surface area contributed by atoms with Crippen molar-refractivity contribution >= 4 is 205 Å². The van der Waals surface area contributed by atoms with Gasteiger partial charge >= 0.3 is 0 Å². The smallest absolute Gasteiger partial charge is 0.246 e. The number of benzene rings is 2. The first-order valence-electron chi connectivity index (χ1n) is 25.3. The first kappa shape index (κ1) is 83.9. The summed E-state index contributed by atoms with van der Waals surface area (Å²) in [6.07, 6.45) is 4.68. The molecule has 6 N–H and O–H groups in total. The third kappa shape index (κ3) is 18.6. The zero-order valence-electron chi connectivity index (χ0n) is 47.0. The van der Waals surface area contributed by atoms with E-state index in [4.69, 9.17) is 21.7 Å². The number of rotatable bonds is 17. The van der Waals surface area contributed by atoms with E-state index in [-0.39, 0.29) is 200 Å². The summed E-state index contributed by atoms with van der Waals surface area (Å²) < 4.78 is 13.3. The Morgan fingerprint density at radius 2 is 0.975 bits per heavy atom. The van der Waals surface area contributed by atoms with Crippen molar-refractivity contribution in [3.8, 4) is 0 Å². The fourth-order valence-electron chi connectivity index (χ4n) is 11.5. The normalized spacial score (nSPS) is 26.7. The number of nitrogens with zero attached hydrogens (tertiary/aromatic N) is 2. The van der Waals surface area contributed by atoms with Crippen LogP contribution in [-0.4, -0.2) is 142 Å². The van der Waals surface area contributed by atoms with E-state index in [0.29, 0.717) is 62.5 Å². The summed E-state index contributed by atoms with van der Waals surface area (Å²) in [6, 6.07) is 12.4. The van der Waals surface area contributed by atoms with Crippen LogP contribution in [0.25, 0.3) is 0 Å². The lowest BCUT2D eigenvalue weighted by Crippen LogP contribution is -2.58. The van der Waals surface area contributed by atoms with Crippen molar-refractivity contribution in [2.45, 2.75) is 164 Å². The Hall–Kier alpha value is -0.280. The van der Waals surface area contributed by atoms with Crippen LogP contribution in [0.1, 0.15) is 114 Å². The van der Waals surface area contributed by atoms with E-state index in [1.807, 2.05) is 49.2 Å². The summed E-state index contributed by atoms with van der Waals surface area (Å²) in [4.78, 5) is 74.9. The minimum atomic E-state index is -0.721. The lowest BCUT2D eigenvalue weighted by atomic mass is 9.83. The van der Waals surface area contributed by atoms with Gasteiger partial charge < -0.3 is 51.2 Å². The molecule has 4 heterocycles. The van der Waals surface area contributed by atoms with Crippen molar-refractivity contribution in [2.75, 3.05) is 38.8 Å². The molecule has 12 atom stereocenters. The van der Waals surface area contributed by atoms with Gasteiger partial charge in [0.15, 0.2) is 0 Å². The Labute approximate surface area is 559 Å². The van der Waals surface area contributed by atoms with Gasteiger partial charge in [0.25, 0.3) is 0 Å². The van der Waals surface area contributed by atoms with Crippen LogP contribution in [0.15, 0.2) is 48.5 Å². The quantitative estimate of drug-likeness (QED) is 0.0845. The van der Waals surface area contributed by atoms with Gasteiger partial charge in [-0.15, -0.1) is 23.5 Å². The number of likely N-dealkylation sites (N-methyl/N-ethyl adjacent to an activating group) is 2. The average molecular weight is 1360 g/mol. The van der Waals surface area contributed by atoms with Gasteiger partial charge in [0.1, 0.15) is 24.2 Å². The van der Waals surface area contributed by atoms with Crippen LogP contribution >= 0.6 is 171 Å². The third-order valence-electron chi connectivity index (χ3n) is 15.5. The molecule has 462 valence electrons. The number of hydrogen-bond donors (Lipinski definition) is 6. The average Bonchev–Trinajstić information content (AvgIpc) is 3.97. The molecule has 4 saturated heterocycles. The second kappa shape index (κ2) is 36.8. The highest BCUT2D eigenvalue weighted by atomic mass is 32.2. The molecule has 0 radical (unpaired) electrons. The van der Waals surface area contributed by atoms with Crippen LogP contribution in [0, 0.1) is 10.8 Å². The Kier molecular flexibility index (Phi) is 38.6. The molecule has 2 aliphatic carbocycles. The predicted molar refractivity (Wildman–Crippen MR) is 383 cm³/mol. The van der Waals surface area contributed by atoms with Gasteiger partial charge in [0.2, 0.25) is 29.5 Å². The molecule has 2 aromatic rings. The molecule has 5 amide bonds. The molecule has 0 aromatic heterocycles. The molecule has 4 fully saturated rings. The van der Waals surface area contributed by atoms with Gasteiger partial charge in [0.05, 0.1) is 52.1 Å². The van der Waals surface area contributed by atoms with Gasteiger partial charge in [-0.3, -0.25) is 24.0 Å². The lowest BCUT2D eigenvalue weighted by molar-refractivity contribution is -0.144. The zero-order valence-corrected chi connectivity index (χ0v) is 59.5. The maximum Gasteiger partial charge on any atom is 0.246 e. The Morgan fingerprint density at radius 1 is 0.600 bits per heavy atom. The highest BCUT2D eigenvalue weighted by Gasteiger charge is 2.57. The second-order valence-corrected chi connectivity index (χ2v) is 24.4. The molecule has 2 aromatic carbocycles. The predicted octanol–water partition coefficient (Wildman–Crippen LogP) is 5.66. The number of hydrogen-bond acceptors (Lipinski definition) is 12. The van der Waals surface area contributed by atoms with Crippen molar-refractivity contribution < 1.29 is 33.4 Å². The second-order valence-electron chi connectivity index (χ2n) is 21.4. The summed E-state index contributed by atoms with van der Waals surface area (Å²) in [5, 5.41) is 18.9. The van der Waals surface area contributed by atoms with Crippen molar-refractivity contribution in [3.63, 3.8) is 0 Å². The molecule has 0 bridgehead atoms. The number of unbranched alkanes of at least 4 members (excludes halogenated alkanes) is 1. The van der Waals surface area contributed by atoms with Crippen molar-refractivity contribution in [1.82, 2.24) is 41.7 Å². The van der Waals surface area contributed by atoms with E-state index in [1.165, 1.54) is 0 Å². The molecule has 4 aliphatic heterocycles. The van der Waals surface area contributed by atoms with E-state index in [2.05, 4.69) is 77.8 Å². The molecule has 8 rings (SSSR count). The Bertz CT molecular complexity index is 2160. The number of fused-ring (bicyclic) bond motifs is 4. The lowest BCUT2D eigenvalue weighted by Gasteiger charge is -2.35. The van der Waals surface area contributed by atoms with E-state index < -0.39 is 47.1 Å². The fraction of sp³-hybridized carbons (Fsp3) is 0.654. The molecule has 15 nitrogen and oxygen atoms in total. The summed E-state index contributed by atoms with van der Waals surface area (Å²) in [5.41, 5.74) is 3.36. The summed E-state index contributed by atoms with van der Waals surface area (Å²) in [7, 11) is 3.55. The largest absolute Gasteiger partial charge is 0.375 e. The van der Waals surface area contributed by atoms with Crippen molar-refractivity contribution in [1.29, 1.82) is 0 Å². The molecule has 6 aliphatic rings. The first-order chi connectivity index (χ1) is 33.4. The van der Waals surface area contributed by atoms with E-state index in [1.54, 1.807) is 42.4 Å². The minimum Gasteiger partial charge on any atom is -0.375 e. The summed E-state index contributed by atoms with van der Waals surface area (Å²) in [6.45, 7) is 12.9. The number of carbonyl (C=O) groups excluding carboxylic acids is 5. The van der Waals surface area contributed by atoms with Crippen LogP contribution in [0.4, 0.5) is 0 Å². The van der Waals surface area contributed by atoms with Gasteiger partial charge in [-0.1, -0.05) is 88.4 Å². The van der Waals surface area contributed by atoms with Gasteiger partial charge in [-0.2, -0.15) is 135 Å². The Morgan fingerprint density at radius 3 is 1.36 bits per heavy atom. The maximum atomic E-state index is 14.7. The van der Waals surface area contributed by atoms with Crippen LogP contribution in [0.3, 0.4) is 0 Å². The third-order valence-corrected chi connectivity index (χ3v) is 18.5. The highest BCUT2D eigenvalue weighted by molar-refractivity contribution is 8.00. The molecule has 0 saturated carbocycles. The topological polar surface area (TPSA) is 182 Å². The number of thiocarbonyl (C=S) groups is 1. The molecular formula is C52H94N8O7S13. The van der Waals surface area contributed by atoms with Crippen LogP contribution in [-0.2, 0) is 46.3 Å². The minimum absolute atomic E-state index is 0. The number of nitrogens with one attached hydrogen (secondary N) is 6. The molecule has 0 spiro atoms. The monoisotopic (exact) mass is 1360 g/mol. The number of thioether (sulfide) groups is 2. The summed E-state index contributed by atoms with van der Waals surface area (Å²) >= 11 is 9.06. The van der Waals surface area contributed by atoms with Crippen LogP contribution < -0.4 is 31.9 Å². The fourth-order valence-corrected chi connectivity index (χ4v) is 14.9. The van der Waals surface area contributed by atoms with Crippen LogP contribution in [0.5, 0.6) is 0 Å². The van der Waals surface area contributed by atoms with Crippen molar-refractivity contribution in [3.05, 3.63) is 70.8 Å². The number of carbonyl (C=O) groups is 5. The number of amides is 5. The van der Waals surface area contributed by atoms with Gasteiger partial charge in [-0.25, -0.2) is 0 Å². The van der Waals surface area contributed by atoms with E-state index >= 15 is 0 Å². The molecular weight excluding hydrogens is 1270 g/mol. The maximum absolute atomic E-state index is 14.7. The Balaban J connectivity index is -0.00000593. The van der Waals surface area contributed by atoms with Gasteiger partial charge in [0, 0.05) is 26.1 Å². The first-order valence-corrected chi connectivity index (χ1v) is 27.8. The zero-order chi connectivity index (χ0) is 50.1. The van der Waals surface area contributed by atoms with E-state index in [9.17, 15) is 24.0 Å².